The molecule has 3 N–H and O–H groups in total. The van der Waals surface area contributed by atoms with Crippen LogP contribution in [0.2, 0.25) is 0 Å². The number of piperidine rings is 1. The number of aromatic hydroxyl groups is 1. The lowest BCUT2D eigenvalue weighted by Crippen LogP contribution is -2.60. The number of para-hydroxylation sites is 1. The predicted octanol–water partition coefficient (Wildman–Crippen LogP) is 1.25. The third-order valence-corrected chi connectivity index (χ3v) is 7.49. The Morgan fingerprint density at radius 2 is 1.90 bits per heavy atom. The number of benzene rings is 1. The van der Waals surface area contributed by atoms with Gasteiger partial charge in [-0.25, -0.2) is 0 Å². The van der Waals surface area contributed by atoms with E-state index >= 15 is 0 Å². The van der Waals surface area contributed by atoms with Gasteiger partial charge in [-0.3, -0.25) is 4.90 Å². The van der Waals surface area contributed by atoms with Crippen LogP contribution in [0.15, 0.2) is 30.3 Å². The summed E-state index contributed by atoms with van der Waals surface area (Å²) in [6.07, 6.45) is 0. The molecule has 5 heterocycles. The first-order chi connectivity index (χ1) is 15.3. The fourth-order valence-corrected chi connectivity index (χ4v) is 5.81. The van der Waals surface area contributed by atoms with Crippen molar-refractivity contribution in [1.82, 2.24) is 20.4 Å². The van der Waals surface area contributed by atoms with Crippen LogP contribution in [-0.2, 0) is 4.74 Å². The minimum absolute atomic E-state index is 0.235. The maximum absolute atomic E-state index is 10.2. The van der Waals surface area contributed by atoms with Crippen molar-refractivity contribution in [2.75, 3.05) is 69.2 Å². The minimum atomic E-state index is 0.235. The topological polar surface area (TPSA) is 85.8 Å². The third-order valence-electron chi connectivity index (χ3n) is 7.49. The number of fused-ring (bicyclic) bond motifs is 5. The molecule has 8 heteroatoms. The van der Waals surface area contributed by atoms with Crippen LogP contribution in [0.25, 0.3) is 11.3 Å². The number of nitrogens with one attached hydrogen (secondary N) is 2. The van der Waals surface area contributed by atoms with Gasteiger partial charge in [0.25, 0.3) is 0 Å². The van der Waals surface area contributed by atoms with Crippen LogP contribution in [-0.4, -0.2) is 85.3 Å². The van der Waals surface area contributed by atoms with E-state index in [9.17, 15) is 5.11 Å². The average Bonchev–Trinajstić information content (AvgIpc) is 2.79. The van der Waals surface area contributed by atoms with Gasteiger partial charge in [0.2, 0.25) is 0 Å². The van der Waals surface area contributed by atoms with E-state index in [0.717, 1.165) is 75.5 Å². The number of hydrogen-bond donors (Lipinski definition) is 3. The molecular formula is C23H30N6O2. The molecule has 31 heavy (non-hydrogen) atoms. The van der Waals surface area contributed by atoms with E-state index in [4.69, 9.17) is 4.74 Å². The highest BCUT2D eigenvalue weighted by atomic mass is 16.5. The number of ether oxygens (including phenoxy) is 1. The smallest absolute Gasteiger partial charge is 0.172 e. The first-order valence-corrected chi connectivity index (χ1v) is 11.4. The standard InChI is InChI=1S/C23H30N6O2/c30-22-4-2-1-3-18(22)20-7-21-23(27-26-20)25-10-17-11-28(5-6-29(17)21)12-19-15-8-24-9-16(19)14-31-13-15/h1-4,7,15-17,19,24,30H,5-6,8-14H2,(H,25,27)/t15?,16?,17-,19?/m0/s1. The molecule has 8 nitrogen and oxygen atoms in total. The molecule has 2 unspecified atom stereocenters. The zero-order chi connectivity index (χ0) is 20.8. The molecular weight excluding hydrogens is 392 g/mol. The van der Waals surface area contributed by atoms with Crippen LogP contribution < -0.4 is 15.5 Å². The van der Waals surface area contributed by atoms with Gasteiger partial charge >= 0.3 is 0 Å². The highest BCUT2D eigenvalue weighted by Crippen LogP contribution is 2.37. The quantitative estimate of drug-likeness (QED) is 0.682. The molecule has 4 aliphatic heterocycles. The molecule has 1 aromatic carbocycles. The molecule has 3 saturated heterocycles. The van der Waals surface area contributed by atoms with Gasteiger partial charge in [-0.15, -0.1) is 10.2 Å². The number of phenols is 1. The number of anilines is 2. The van der Waals surface area contributed by atoms with Crippen LogP contribution in [0.4, 0.5) is 11.5 Å². The normalized spacial score (nSPS) is 30.3. The monoisotopic (exact) mass is 422 g/mol. The minimum Gasteiger partial charge on any atom is -0.507 e. The highest BCUT2D eigenvalue weighted by molar-refractivity contribution is 5.76. The van der Waals surface area contributed by atoms with Crippen molar-refractivity contribution < 1.29 is 9.84 Å². The predicted molar refractivity (Wildman–Crippen MR) is 119 cm³/mol. The van der Waals surface area contributed by atoms with Crippen LogP contribution in [0.3, 0.4) is 0 Å². The zero-order valence-corrected chi connectivity index (χ0v) is 17.7. The van der Waals surface area contributed by atoms with E-state index in [1.54, 1.807) is 6.07 Å². The Hall–Kier alpha value is -2.42. The molecule has 2 aromatic rings. The molecule has 3 atom stereocenters. The lowest BCUT2D eigenvalue weighted by molar-refractivity contribution is -0.0576. The van der Waals surface area contributed by atoms with E-state index in [2.05, 4.69) is 36.7 Å². The summed E-state index contributed by atoms with van der Waals surface area (Å²) in [6, 6.07) is 9.80. The Kier molecular flexibility index (Phi) is 4.93. The number of aromatic nitrogens is 2. The third kappa shape index (κ3) is 3.52. The lowest BCUT2D eigenvalue weighted by atomic mass is 9.77. The molecule has 3 fully saturated rings. The van der Waals surface area contributed by atoms with Crippen LogP contribution in [0.1, 0.15) is 0 Å². The van der Waals surface area contributed by atoms with Crippen molar-refractivity contribution in [3.05, 3.63) is 30.3 Å². The molecule has 164 valence electrons. The molecule has 0 amide bonds. The Morgan fingerprint density at radius 1 is 1.06 bits per heavy atom. The summed E-state index contributed by atoms with van der Waals surface area (Å²) in [5, 5.41) is 26.1. The molecule has 0 aliphatic carbocycles. The fraction of sp³-hybridized carbons (Fsp3) is 0.565. The van der Waals surface area contributed by atoms with Crippen molar-refractivity contribution in [3.63, 3.8) is 0 Å². The van der Waals surface area contributed by atoms with Gasteiger partial charge in [0, 0.05) is 51.4 Å². The van der Waals surface area contributed by atoms with Crippen molar-refractivity contribution in [2.24, 2.45) is 17.8 Å². The second-order valence-corrected chi connectivity index (χ2v) is 9.35. The van der Waals surface area contributed by atoms with Crippen molar-refractivity contribution >= 4 is 11.5 Å². The number of phenolic OH excluding ortho intramolecular Hbond substituents is 1. The maximum atomic E-state index is 10.2. The highest BCUT2D eigenvalue weighted by Gasteiger charge is 2.40. The summed E-state index contributed by atoms with van der Waals surface area (Å²) in [4.78, 5) is 5.14. The van der Waals surface area contributed by atoms with Crippen LogP contribution in [0.5, 0.6) is 5.75 Å². The summed E-state index contributed by atoms with van der Waals surface area (Å²) in [6.45, 7) is 9.16. The van der Waals surface area contributed by atoms with Gasteiger partial charge in [-0.05, 0) is 36.0 Å². The van der Waals surface area contributed by atoms with E-state index in [-0.39, 0.29) is 5.75 Å². The summed E-state index contributed by atoms with van der Waals surface area (Å²) < 4.78 is 5.83. The number of nitrogens with zero attached hydrogens (tertiary/aromatic N) is 4. The van der Waals surface area contributed by atoms with Gasteiger partial charge in [0.1, 0.15) is 5.75 Å². The largest absolute Gasteiger partial charge is 0.507 e. The van der Waals surface area contributed by atoms with Crippen LogP contribution in [0, 0.1) is 17.8 Å². The Morgan fingerprint density at radius 3 is 2.74 bits per heavy atom. The molecule has 4 aliphatic rings. The lowest BCUT2D eigenvalue weighted by Gasteiger charge is -2.49. The average molecular weight is 423 g/mol. The van der Waals surface area contributed by atoms with Crippen molar-refractivity contribution in [3.8, 4) is 17.0 Å². The Bertz CT molecular complexity index is 933. The van der Waals surface area contributed by atoms with Gasteiger partial charge in [-0.2, -0.15) is 0 Å². The SMILES string of the molecule is Oc1ccccc1-c1cc2c(nn1)NC[C@H]1CN(CC3C4CNCC3COC4)CCN21. The molecule has 0 radical (unpaired) electrons. The van der Waals surface area contributed by atoms with Gasteiger partial charge in [0.05, 0.1) is 30.6 Å². The van der Waals surface area contributed by atoms with Gasteiger partial charge < -0.3 is 25.4 Å². The second-order valence-electron chi connectivity index (χ2n) is 9.35. The molecule has 0 spiro atoms. The molecule has 0 saturated carbocycles. The van der Waals surface area contributed by atoms with E-state index in [1.165, 1.54) is 6.54 Å². The number of hydrogen-bond acceptors (Lipinski definition) is 8. The first kappa shape index (κ1) is 19.3. The van der Waals surface area contributed by atoms with Gasteiger partial charge in [-0.1, -0.05) is 12.1 Å². The number of piperazine rings is 1. The zero-order valence-electron chi connectivity index (χ0n) is 17.7. The van der Waals surface area contributed by atoms with Crippen molar-refractivity contribution in [2.45, 2.75) is 6.04 Å². The Labute approximate surface area is 182 Å². The van der Waals surface area contributed by atoms with Crippen LogP contribution >= 0.6 is 0 Å². The van der Waals surface area contributed by atoms with E-state index in [1.807, 2.05) is 18.2 Å². The molecule has 2 bridgehead atoms. The second kappa shape index (κ2) is 7.93. The first-order valence-electron chi connectivity index (χ1n) is 11.4. The molecule has 6 rings (SSSR count). The van der Waals surface area contributed by atoms with E-state index in [0.29, 0.717) is 23.6 Å². The number of rotatable bonds is 3. The summed E-state index contributed by atoms with van der Waals surface area (Å²) in [5.74, 6) is 3.11. The van der Waals surface area contributed by atoms with Gasteiger partial charge in [0.15, 0.2) is 5.82 Å². The summed E-state index contributed by atoms with van der Waals surface area (Å²) in [5.41, 5.74) is 2.53. The maximum Gasteiger partial charge on any atom is 0.172 e. The summed E-state index contributed by atoms with van der Waals surface area (Å²) in [7, 11) is 0. The van der Waals surface area contributed by atoms with E-state index < -0.39 is 0 Å². The molecule has 1 aromatic heterocycles. The fourth-order valence-electron chi connectivity index (χ4n) is 5.81. The Balaban J connectivity index is 1.19. The summed E-state index contributed by atoms with van der Waals surface area (Å²) >= 11 is 0. The van der Waals surface area contributed by atoms with Crippen molar-refractivity contribution in [1.29, 1.82) is 0 Å².